The molecule has 1 atom stereocenters. The average molecular weight is 283 g/mol. The number of aliphatic hydroxyl groups excluding tert-OH is 1. The van der Waals surface area contributed by atoms with Gasteiger partial charge in [-0.05, 0) is 18.1 Å². The second-order valence-electron chi connectivity index (χ2n) is 4.35. The maximum atomic E-state index is 10.9. The summed E-state index contributed by atoms with van der Waals surface area (Å²) in [5.41, 5.74) is 0.894. The van der Waals surface area contributed by atoms with Gasteiger partial charge in [-0.25, -0.2) is 0 Å². The molecule has 0 spiro atoms. The Labute approximate surface area is 118 Å². The summed E-state index contributed by atoms with van der Waals surface area (Å²) >= 11 is 0. The molecule has 0 aromatic heterocycles. The molecule has 1 unspecified atom stereocenters. The standard InChI is InChI=1S/C14H21NO5/c1-19-12-4-3-10(13(9-12)20-2)7-11(8-14(17)18)15-5-6-16/h3-4,9,11,15-16H,5-8H2,1-2H3,(H,17,18). The molecule has 3 N–H and O–H groups in total. The Kier molecular flexibility index (Phi) is 6.83. The Morgan fingerprint density at radius 1 is 1.35 bits per heavy atom. The molecule has 0 aliphatic rings. The summed E-state index contributed by atoms with van der Waals surface area (Å²) in [6.07, 6.45) is 0.481. The van der Waals surface area contributed by atoms with E-state index in [0.29, 0.717) is 24.5 Å². The van der Waals surface area contributed by atoms with Gasteiger partial charge >= 0.3 is 5.97 Å². The molecular formula is C14H21NO5. The quantitative estimate of drug-likeness (QED) is 0.617. The van der Waals surface area contributed by atoms with Gasteiger partial charge in [0.1, 0.15) is 11.5 Å². The predicted octanol–water partition coefficient (Wildman–Crippen LogP) is 0.671. The topological polar surface area (TPSA) is 88.0 Å². The highest BCUT2D eigenvalue weighted by molar-refractivity contribution is 5.67. The summed E-state index contributed by atoms with van der Waals surface area (Å²) < 4.78 is 10.4. The zero-order chi connectivity index (χ0) is 15.0. The Morgan fingerprint density at radius 2 is 2.10 bits per heavy atom. The molecule has 1 aromatic rings. The number of aliphatic hydroxyl groups is 1. The molecule has 0 aliphatic carbocycles. The van der Waals surface area contributed by atoms with Crippen molar-refractivity contribution in [2.45, 2.75) is 18.9 Å². The number of ether oxygens (including phenoxy) is 2. The maximum Gasteiger partial charge on any atom is 0.304 e. The van der Waals surface area contributed by atoms with E-state index < -0.39 is 5.97 Å². The molecule has 0 heterocycles. The van der Waals surface area contributed by atoms with Crippen LogP contribution < -0.4 is 14.8 Å². The van der Waals surface area contributed by atoms with E-state index >= 15 is 0 Å². The fourth-order valence-corrected chi connectivity index (χ4v) is 1.98. The lowest BCUT2D eigenvalue weighted by Gasteiger charge is -2.18. The van der Waals surface area contributed by atoms with Crippen LogP contribution in [0.2, 0.25) is 0 Å². The lowest BCUT2D eigenvalue weighted by molar-refractivity contribution is -0.137. The van der Waals surface area contributed by atoms with Gasteiger partial charge in [-0.15, -0.1) is 0 Å². The molecule has 6 heteroatoms. The highest BCUT2D eigenvalue weighted by Crippen LogP contribution is 2.26. The number of nitrogens with one attached hydrogen (secondary N) is 1. The summed E-state index contributed by atoms with van der Waals surface area (Å²) in [7, 11) is 3.14. The minimum atomic E-state index is -0.882. The second-order valence-corrected chi connectivity index (χ2v) is 4.35. The van der Waals surface area contributed by atoms with Crippen molar-refractivity contribution >= 4 is 5.97 Å². The van der Waals surface area contributed by atoms with Crippen molar-refractivity contribution < 1.29 is 24.5 Å². The van der Waals surface area contributed by atoms with Crippen LogP contribution >= 0.6 is 0 Å². The largest absolute Gasteiger partial charge is 0.497 e. The van der Waals surface area contributed by atoms with Crippen LogP contribution in [-0.4, -0.2) is 49.6 Å². The number of methoxy groups -OCH3 is 2. The summed E-state index contributed by atoms with van der Waals surface area (Å²) in [6.45, 7) is 0.326. The van der Waals surface area contributed by atoms with Gasteiger partial charge in [0, 0.05) is 18.7 Å². The molecule has 0 saturated heterocycles. The first kappa shape index (κ1) is 16.3. The van der Waals surface area contributed by atoms with Crippen molar-refractivity contribution in [1.82, 2.24) is 5.32 Å². The first-order valence-electron chi connectivity index (χ1n) is 6.37. The summed E-state index contributed by atoms with van der Waals surface area (Å²) in [5.74, 6) is 0.460. The van der Waals surface area contributed by atoms with Crippen molar-refractivity contribution in [3.05, 3.63) is 23.8 Å². The Morgan fingerprint density at radius 3 is 2.65 bits per heavy atom. The van der Waals surface area contributed by atoms with Gasteiger partial charge in [-0.2, -0.15) is 0 Å². The van der Waals surface area contributed by atoms with Gasteiger partial charge in [0.2, 0.25) is 0 Å². The van der Waals surface area contributed by atoms with E-state index in [0.717, 1.165) is 5.56 Å². The summed E-state index contributed by atoms with van der Waals surface area (Å²) in [6, 6.07) is 5.16. The van der Waals surface area contributed by atoms with E-state index in [9.17, 15) is 4.79 Å². The zero-order valence-electron chi connectivity index (χ0n) is 11.8. The normalized spacial score (nSPS) is 11.9. The molecule has 0 amide bonds. The lowest BCUT2D eigenvalue weighted by Crippen LogP contribution is -2.35. The van der Waals surface area contributed by atoms with Crippen molar-refractivity contribution in [3.63, 3.8) is 0 Å². The van der Waals surface area contributed by atoms with Crippen molar-refractivity contribution in [1.29, 1.82) is 0 Å². The van der Waals surface area contributed by atoms with Gasteiger partial charge in [-0.1, -0.05) is 6.07 Å². The molecule has 0 fully saturated rings. The van der Waals surface area contributed by atoms with Crippen LogP contribution in [0.3, 0.4) is 0 Å². The summed E-state index contributed by atoms with van der Waals surface area (Å²) in [5, 5.41) is 20.8. The van der Waals surface area contributed by atoms with Gasteiger partial charge in [0.05, 0.1) is 27.2 Å². The Bertz CT molecular complexity index is 436. The van der Waals surface area contributed by atoms with Crippen LogP contribution in [0.15, 0.2) is 18.2 Å². The fourth-order valence-electron chi connectivity index (χ4n) is 1.98. The van der Waals surface area contributed by atoms with E-state index in [-0.39, 0.29) is 19.1 Å². The summed E-state index contributed by atoms with van der Waals surface area (Å²) in [4.78, 5) is 10.9. The van der Waals surface area contributed by atoms with E-state index in [1.807, 2.05) is 12.1 Å². The van der Waals surface area contributed by atoms with Gasteiger partial charge < -0.3 is 25.0 Å². The van der Waals surface area contributed by atoms with Crippen LogP contribution in [0.1, 0.15) is 12.0 Å². The minimum absolute atomic E-state index is 0.0187. The highest BCUT2D eigenvalue weighted by atomic mass is 16.5. The van der Waals surface area contributed by atoms with Crippen LogP contribution in [0.5, 0.6) is 11.5 Å². The molecule has 0 radical (unpaired) electrons. The van der Waals surface area contributed by atoms with E-state index in [4.69, 9.17) is 19.7 Å². The molecule has 6 nitrogen and oxygen atoms in total. The number of rotatable bonds is 9. The molecule has 0 saturated carbocycles. The monoisotopic (exact) mass is 283 g/mol. The lowest BCUT2D eigenvalue weighted by atomic mass is 10.0. The molecule has 0 bridgehead atoms. The molecule has 20 heavy (non-hydrogen) atoms. The number of hydrogen-bond donors (Lipinski definition) is 3. The zero-order valence-corrected chi connectivity index (χ0v) is 11.8. The molecule has 112 valence electrons. The SMILES string of the molecule is COc1ccc(CC(CC(=O)O)NCCO)c(OC)c1. The molecular weight excluding hydrogens is 262 g/mol. The smallest absolute Gasteiger partial charge is 0.304 e. The highest BCUT2D eigenvalue weighted by Gasteiger charge is 2.16. The third-order valence-corrected chi connectivity index (χ3v) is 2.93. The maximum absolute atomic E-state index is 10.9. The molecule has 0 aliphatic heterocycles. The fraction of sp³-hybridized carbons (Fsp3) is 0.500. The number of aliphatic carboxylic acids is 1. The number of carboxylic acids is 1. The Hall–Kier alpha value is -1.79. The number of carbonyl (C=O) groups is 1. The van der Waals surface area contributed by atoms with Crippen molar-refractivity contribution in [2.75, 3.05) is 27.4 Å². The minimum Gasteiger partial charge on any atom is -0.497 e. The second kappa shape index (κ2) is 8.39. The predicted molar refractivity (Wildman–Crippen MR) is 74.4 cm³/mol. The number of hydrogen-bond acceptors (Lipinski definition) is 5. The van der Waals surface area contributed by atoms with Crippen LogP contribution in [0.25, 0.3) is 0 Å². The van der Waals surface area contributed by atoms with E-state index in [1.165, 1.54) is 0 Å². The van der Waals surface area contributed by atoms with Crippen LogP contribution in [0, 0.1) is 0 Å². The first-order valence-corrected chi connectivity index (χ1v) is 6.37. The van der Waals surface area contributed by atoms with Gasteiger partial charge in [-0.3, -0.25) is 4.79 Å². The van der Waals surface area contributed by atoms with Gasteiger partial charge in [0.15, 0.2) is 0 Å². The number of benzene rings is 1. The van der Waals surface area contributed by atoms with Crippen LogP contribution in [0.4, 0.5) is 0 Å². The molecule has 1 aromatic carbocycles. The first-order chi connectivity index (χ1) is 9.60. The van der Waals surface area contributed by atoms with Crippen LogP contribution in [-0.2, 0) is 11.2 Å². The average Bonchev–Trinajstić information content (AvgIpc) is 2.44. The van der Waals surface area contributed by atoms with E-state index in [2.05, 4.69) is 5.32 Å². The third kappa shape index (κ3) is 5.07. The van der Waals surface area contributed by atoms with Crippen molar-refractivity contribution in [3.8, 4) is 11.5 Å². The van der Waals surface area contributed by atoms with Gasteiger partial charge in [0.25, 0.3) is 0 Å². The third-order valence-electron chi connectivity index (χ3n) is 2.93. The number of carboxylic acid groups (broad SMARTS) is 1. The van der Waals surface area contributed by atoms with E-state index in [1.54, 1.807) is 20.3 Å². The van der Waals surface area contributed by atoms with Crippen molar-refractivity contribution in [2.24, 2.45) is 0 Å². The Balaban J connectivity index is 2.83. The molecule has 1 rings (SSSR count).